The Labute approximate surface area is 123 Å². The summed E-state index contributed by atoms with van der Waals surface area (Å²) in [4.78, 5) is 5.27. The number of anilines is 1. The van der Waals surface area contributed by atoms with Crippen LogP contribution in [0.5, 0.6) is 0 Å². The lowest BCUT2D eigenvalue weighted by Crippen LogP contribution is -2.40. The topological polar surface area (TPSA) is 6.48 Å². The van der Waals surface area contributed by atoms with Gasteiger partial charge in [-0.05, 0) is 79.2 Å². The molecule has 3 rings (SSSR count). The molecule has 0 aliphatic carbocycles. The van der Waals surface area contributed by atoms with Gasteiger partial charge in [-0.25, -0.2) is 0 Å². The van der Waals surface area contributed by atoms with Crippen LogP contribution in [0.3, 0.4) is 0 Å². The molecule has 98 valence electrons. The highest BCUT2D eigenvalue weighted by Gasteiger charge is 2.28. The molecule has 1 atom stereocenters. The summed E-state index contributed by atoms with van der Waals surface area (Å²) < 4.78 is 1.32. The highest BCUT2D eigenvalue weighted by molar-refractivity contribution is 14.1. The third-order valence-corrected chi connectivity index (χ3v) is 4.98. The fourth-order valence-corrected chi connectivity index (χ4v) is 3.57. The van der Waals surface area contributed by atoms with Crippen molar-refractivity contribution in [1.82, 2.24) is 4.90 Å². The van der Waals surface area contributed by atoms with Gasteiger partial charge in [-0.1, -0.05) is 6.42 Å². The zero-order valence-corrected chi connectivity index (χ0v) is 13.0. The van der Waals surface area contributed by atoms with E-state index >= 15 is 0 Å². The Balaban J connectivity index is 1.62. The molecule has 2 aliphatic rings. The molecule has 2 fully saturated rings. The van der Waals surface area contributed by atoms with E-state index in [4.69, 9.17) is 0 Å². The first kappa shape index (κ1) is 12.7. The number of rotatable bonds is 2. The maximum atomic E-state index is 2.72. The molecule has 0 bridgehead atoms. The third kappa shape index (κ3) is 2.82. The van der Waals surface area contributed by atoms with Gasteiger partial charge >= 0.3 is 0 Å². The summed E-state index contributed by atoms with van der Waals surface area (Å²) in [6, 6.07) is 9.75. The second-order valence-corrected chi connectivity index (χ2v) is 6.71. The normalized spacial score (nSPS) is 25.6. The van der Waals surface area contributed by atoms with Gasteiger partial charge in [0.15, 0.2) is 0 Å². The van der Waals surface area contributed by atoms with Crippen LogP contribution in [-0.4, -0.2) is 37.1 Å². The van der Waals surface area contributed by atoms with Gasteiger partial charge in [-0.3, -0.25) is 4.90 Å². The Morgan fingerprint density at radius 2 is 1.67 bits per heavy atom. The Bertz CT molecular complexity index is 384. The first-order valence-electron chi connectivity index (χ1n) is 7.07. The maximum absolute atomic E-state index is 2.72. The SMILES string of the molecule is Ic1ccc(N2CCC(N3CCCCC3)C2)cc1. The third-order valence-electron chi connectivity index (χ3n) is 4.26. The minimum absolute atomic E-state index is 0.796. The maximum Gasteiger partial charge on any atom is 0.0367 e. The largest absolute Gasteiger partial charge is 0.370 e. The standard InChI is InChI=1S/C15H21IN2/c16-13-4-6-14(7-5-13)18-11-8-15(12-18)17-9-2-1-3-10-17/h4-7,15H,1-3,8-12H2. The molecule has 0 aromatic heterocycles. The van der Waals surface area contributed by atoms with Gasteiger partial charge in [0, 0.05) is 28.4 Å². The van der Waals surface area contributed by atoms with Crippen molar-refractivity contribution in [2.45, 2.75) is 31.7 Å². The van der Waals surface area contributed by atoms with E-state index in [1.165, 1.54) is 61.1 Å². The van der Waals surface area contributed by atoms with Crippen LogP contribution in [0.4, 0.5) is 5.69 Å². The summed E-state index contributed by atoms with van der Waals surface area (Å²) >= 11 is 2.37. The number of halogens is 1. The molecular formula is C15H21IN2. The quantitative estimate of drug-likeness (QED) is 0.750. The van der Waals surface area contributed by atoms with E-state index in [1.807, 2.05) is 0 Å². The van der Waals surface area contributed by atoms with Crippen LogP contribution in [0.15, 0.2) is 24.3 Å². The molecular weight excluding hydrogens is 335 g/mol. The van der Waals surface area contributed by atoms with E-state index in [0.717, 1.165) is 6.04 Å². The molecule has 1 aromatic carbocycles. The molecule has 18 heavy (non-hydrogen) atoms. The van der Waals surface area contributed by atoms with Crippen molar-refractivity contribution < 1.29 is 0 Å². The highest BCUT2D eigenvalue weighted by Crippen LogP contribution is 2.25. The molecule has 2 saturated heterocycles. The molecule has 0 amide bonds. The van der Waals surface area contributed by atoms with Gasteiger partial charge in [-0.2, -0.15) is 0 Å². The molecule has 0 saturated carbocycles. The summed E-state index contributed by atoms with van der Waals surface area (Å²) in [7, 11) is 0. The van der Waals surface area contributed by atoms with Crippen molar-refractivity contribution in [3.63, 3.8) is 0 Å². The number of hydrogen-bond acceptors (Lipinski definition) is 2. The fraction of sp³-hybridized carbons (Fsp3) is 0.600. The van der Waals surface area contributed by atoms with Gasteiger partial charge in [-0.15, -0.1) is 0 Å². The van der Waals surface area contributed by atoms with E-state index in [2.05, 4.69) is 56.7 Å². The second kappa shape index (κ2) is 5.78. The van der Waals surface area contributed by atoms with Crippen molar-refractivity contribution in [3.05, 3.63) is 27.8 Å². The first-order chi connectivity index (χ1) is 8.83. The van der Waals surface area contributed by atoms with Crippen LogP contribution < -0.4 is 4.90 Å². The lowest BCUT2D eigenvalue weighted by molar-refractivity contribution is 0.175. The average molecular weight is 356 g/mol. The zero-order chi connectivity index (χ0) is 12.4. The summed E-state index contributed by atoms with van der Waals surface area (Å²) in [6.07, 6.45) is 5.58. The lowest BCUT2D eigenvalue weighted by atomic mass is 10.1. The zero-order valence-electron chi connectivity index (χ0n) is 10.8. The number of nitrogens with zero attached hydrogens (tertiary/aromatic N) is 2. The van der Waals surface area contributed by atoms with Gasteiger partial charge < -0.3 is 4.90 Å². The van der Waals surface area contributed by atoms with Crippen molar-refractivity contribution >= 4 is 28.3 Å². The molecule has 3 heteroatoms. The predicted octanol–water partition coefficient (Wildman–Crippen LogP) is 3.36. The van der Waals surface area contributed by atoms with Crippen molar-refractivity contribution in [2.75, 3.05) is 31.1 Å². The van der Waals surface area contributed by atoms with Crippen molar-refractivity contribution in [2.24, 2.45) is 0 Å². The monoisotopic (exact) mass is 356 g/mol. The average Bonchev–Trinajstić information content (AvgIpc) is 2.90. The molecule has 2 aliphatic heterocycles. The van der Waals surface area contributed by atoms with Gasteiger partial charge in [0.05, 0.1) is 0 Å². The van der Waals surface area contributed by atoms with Crippen LogP contribution in [0.1, 0.15) is 25.7 Å². The Kier molecular flexibility index (Phi) is 4.09. The van der Waals surface area contributed by atoms with Crippen LogP contribution in [0, 0.1) is 3.57 Å². The minimum atomic E-state index is 0.796. The van der Waals surface area contributed by atoms with Crippen LogP contribution in [0.2, 0.25) is 0 Å². The molecule has 1 aromatic rings. The number of hydrogen-bond donors (Lipinski definition) is 0. The van der Waals surface area contributed by atoms with E-state index in [1.54, 1.807) is 0 Å². The summed E-state index contributed by atoms with van der Waals surface area (Å²) in [6.45, 7) is 5.10. The Morgan fingerprint density at radius 3 is 2.39 bits per heavy atom. The Morgan fingerprint density at radius 1 is 0.944 bits per heavy atom. The number of benzene rings is 1. The molecule has 0 N–H and O–H groups in total. The number of likely N-dealkylation sites (tertiary alicyclic amines) is 1. The molecule has 0 radical (unpaired) electrons. The van der Waals surface area contributed by atoms with Crippen LogP contribution in [-0.2, 0) is 0 Å². The van der Waals surface area contributed by atoms with Gasteiger partial charge in [0.25, 0.3) is 0 Å². The summed E-state index contributed by atoms with van der Waals surface area (Å²) in [5.41, 5.74) is 1.40. The van der Waals surface area contributed by atoms with E-state index in [-0.39, 0.29) is 0 Å². The second-order valence-electron chi connectivity index (χ2n) is 5.46. The fourth-order valence-electron chi connectivity index (χ4n) is 3.21. The van der Waals surface area contributed by atoms with E-state index < -0.39 is 0 Å². The van der Waals surface area contributed by atoms with Gasteiger partial charge in [0.2, 0.25) is 0 Å². The van der Waals surface area contributed by atoms with Gasteiger partial charge in [0.1, 0.15) is 0 Å². The first-order valence-corrected chi connectivity index (χ1v) is 8.15. The number of piperidine rings is 1. The molecule has 2 nitrogen and oxygen atoms in total. The van der Waals surface area contributed by atoms with Crippen LogP contribution in [0.25, 0.3) is 0 Å². The van der Waals surface area contributed by atoms with Crippen LogP contribution >= 0.6 is 22.6 Å². The van der Waals surface area contributed by atoms with Crippen molar-refractivity contribution in [1.29, 1.82) is 0 Å². The predicted molar refractivity (Wildman–Crippen MR) is 85.2 cm³/mol. The minimum Gasteiger partial charge on any atom is -0.370 e. The van der Waals surface area contributed by atoms with E-state index in [9.17, 15) is 0 Å². The molecule has 0 spiro atoms. The smallest absolute Gasteiger partial charge is 0.0367 e. The molecule has 2 heterocycles. The summed E-state index contributed by atoms with van der Waals surface area (Å²) in [5, 5.41) is 0. The molecule has 1 unspecified atom stereocenters. The Hall–Kier alpha value is -0.290. The van der Waals surface area contributed by atoms with Crippen molar-refractivity contribution in [3.8, 4) is 0 Å². The lowest BCUT2D eigenvalue weighted by Gasteiger charge is -2.32. The summed E-state index contributed by atoms with van der Waals surface area (Å²) in [5.74, 6) is 0. The highest BCUT2D eigenvalue weighted by atomic mass is 127. The van der Waals surface area contributed by atoms with E-state index in [0.29, 0.717) is 0 Å².